The van der Waals surface area contributed by atoms with Crippen LogP contribution in [0.4, 0.5) is 0 Å². The maximum absolute atomic E-state index is 12.3. The lowest BCUT2D eigenvalue weighted by Gasteiger charge is -2.30. The van der Waals surface area contributed by atoms with Crippen molar-refractivity contribution in [2.75, 3.05) is 19.7 Å². The van der Waals surface area contributed by atoms with Gasteiger partial charge in [-0.1, -0.05) is 19.1 Å². The Balaban J connectivity index is 1.39. The van der Waals surface area contributed by atoms with E-state index in [1.807, 2.05) is 47.4 Å². The molecule has 4 nitrogen and oxygen atoms in total. The number of fused-ring (bicyclic) bond motifs is 1. The molecule has 1 aromatic heterocycles. The highest BCUT2D eigenvalue weighted by molar-refractivity contribution is 7.21. The van der Waals surface area contributed by atoms with E-state index in [2.05, 4.69) is 18.0 Å². The van der Waals surface area contributed by atoms with E-state index in [4.69, 9.17) is 4.74 Å². The Morgan fingerprint density at radius 1 is 1.23 bits per heavy atom. The molecule has 1 saturated heterocycles. The van der Waals surface area contributed by atoms with Gasteiger partial charge in [-0.15, -0.1) is 11.3 Å². The molecule has 5 heteroatoms. The predicted molar refractivity (Wildman–Crippen MR) is 106 cm³/mol. The van der Waals surface area contributed by atoms with Crippen molar-refractivity contribution < 1.29 is 9.53 Å². The number of thiazole rings is 1. The number of amides is 1. The van der Waals surface area contributed by atoms with Crippen molar-refractivity contribution in [3.8, 4) is 16.3 Å². The molecule has 134 valence electrons. The minimum absolute atomic E-state index is 0.0757. The maximum Gasteiger partial charge on any atom is 0.260 e. The lowest BCUT2D eigenvalue weighted by Crippen LogP contribution is -2.41. The number of benzene rings is 2. The fraction of sp³-hybridized carbons (Fsp3) is 0.333. The third-order valence-electron chi connectivity index (χ3n) is 4.77. The van der Waals surface area contributed by atoms with Gasteiger partial charge < -0.3 is 9.64 Å². The van der Waals surface area contributed by atoms with Crippen LogP contribution in [0.15, 0.2) is 48.5 Å². The normalized spacial score (nSPS) is 17.4. The molecule has 1 unspecified atom stereocenters. The highest BCUT2D eigenvalue weighted by Crippen LogP contribution is 2.30. The Kier molecular flexibility index (Phi) is 4.89. The monoisotopic (exact) mass is 366 g/mol. The van der Waals surface area contributed by atoms with Crippen molar-refractivity contribution in [1.29, 1.82) is 0 Å². The molecule has 26 heavy (non-hydrogen) atoms. The molecule has 2 aromatic carbocycles. The molecule has 1 atom stereocenters. The SMILES string of the molecule is CC1CCCN(C(=O)COc2ccc(-c3nc4ccccc4s3)cc2)C1. The van der Waals surface area contributed by atoms with Crippen LogP contribution in [0.25, 0.3) is 20.8 Å². The number of ether oxygens (including phenoxy) is 1. The van der Waals surface area contributed by atoms with Crippen molar-refractivity contribution in [3.05, 3.63) is 48.5 Å². The number of carbonyl (C=O) groups excluding carboxylic acids is 1. The third-order valence-corrected chi connectivity index (χ3v) is 5.85. The summed E-state index contributed by atoms with van der Waals surface area (Å²) in [5.74, 6) is 1.38. The van der Waals surface area contributed by atoms with Gasteiger partial charge in [0.25, 0.3) is 5.91 Å². The van der Waals surface area contributed by atoms with E-state index >= 15 is 0 Å². The van der Waals surface area contributed by atoms with E-state index in [1.165, 1.54) is 11.1 Å². The summed E-state index contributed by atoms with van der Waals surface area (Å²) in [5.41, 5.74) is 2.09. The summed E-state index contributed by atoms with van der Waals surface area (Å²) < 4.78 is 6.88. The summed E-state index contributed by atoms with van der Waals surface area (Å²) in [5, 5.41) is 0.996. The van der Waals surface area contributed by atoms with Crippen LogP contribution in [0.2, 0.25) is 0 Å². The van der Waals surface area contributed by atoms with Gasteiger partial charge in [-0.3, -0.25) is 4.79 Å². The van der Waals surface area contributed by atoms with Gasteiger partial charge in [0.15, 0.2) is 6.61 Å². The molecule has 3 aromatic rings. The van der Waals surface area contributed by atoms with Crippen LogP contribution in [0.5, 0.6) is 5.75 Å². The van der Waals surface area contributed by atoms with Crippen LogP contribution in [0, 0.1) is 5.92 Å². The number of piperidine rings is 1. The summed E-state index contributed by atoms with van der Waals surface area (Å²) in [6, 6.07) is 16.0. The zero-order chi connectivity index (χ0) is 17.9. The van der Waals surface area contributed by atoms with Gasteiger partial charge in [0.2, 0.25) is 0 Å². The number of hydrogen-bond acceptors (Lipinski definition) is 4. The van der Waals surface area contributed by atoms with Gasteiger partial charge in [0, 0.05) is 18.7 Å². The molecule has 0 spiro atoms. The molecule has 0 N–H and O–H groups in total. The highest BCUT2D eigenvalue weighted by atomic mass is 32.1. The van der Waals surface area contributed by atoms with Crippen molar-refractivity contribution >= 4 is 27.5 Å². The fourth-order valence-corrected chi connectivity index (χ4v) is 4.31. The lowest BCUT2D eigenvalue weighted by atomic mass is 10.0. The van der Waals surface area contributed by atoms with Crippen LogP contribution < -0.4 is 4.74 Å². The second-order valence-corrected chi connectivity index (χ2v) is 7.92. The molecular formula is C21H22N2O2S. The average Bonchev–Trinajstić information content (AvgIpc) is 3.11. The smallest absolute Gasteiger partial charge is 0.260 e. The van der Waals surface area contributed by atoms with E-state index < -0.39 is 0 Å². The number of hydrogen-bond donors (Lipinski definition) is 0. The Morgan fingerprint density at radius 2 is 2.04 bits per heavy atom. The quantitative estimate of drug-likeness (QED) is 0.678. The van der Waals surface area contributed by atoms with E-state index in [9.17, 15) is 4.79 Å². The van der Waals surface area contributed by atoms with Crippen molar-refractivity contribution in [3.63, 3.8) is 0 Å². The minimum Gasteiger partial charge on any atom is -0.484 e. The van der Waals surface area contributed by atoms with E-state index in [1.54, 1.807) is 11.3 Å². The first-order valence-electron chi connectivity index (χ1n) is 9.05. The fourth-order valence-electron chi connectivity index (χ4n) is 3.34. The molecule has 1 aliphatic rings. The van der Waals surface area contributed by atoms with Gasteiger partial charge >= 0.3 is 0 Å². The molecule has 0 saturated carbocycles. The summed E-state index contributed by atoms with van der Waals surface area (Å²) in [7, 11) is 0. The lowest BCUT2D eigenvalue weighted by molar-refractivity contribution is -0.135. The highest BCUT2D eigenvalue weighted by Gasteiger charge is 2.21. The number of para-hydroxylation sites is 1. The van der Waals surface area contributed by atoms with E-state index in [0.717, 1.165) is 35.6 Å². The van der Waals surface area contributed by atoms with E-state index in [-0.39, 0.29) is 12.5 Å². The molecular weight excluding hydrogens is 344 g/mol. The van der Waals surface area contributed by atoms with Crippen molar-refractivity contribution in [2.24, 2.45) is 5.92 Å². The number of carbonyl (C=O) groups is 1. The number of rotatable bonds is 4. The topological polar surface area (TPSA) is 42.4 Å². The largest absolute Gasteiger partial charge is 0.484 e. The first-order chi connectivity index (χ1) is 12.7. The van der Waals surface area contributed by atoms with Gasteiger partial charge in [-0.25, -0.2) is 4.98 Å². The Labute approximate surface area is 157 Å². The van der Waals surface area contributed by atoms with Gasteiger partial charge in [0.05, 0.1) is 10.2 Å². The Hall–Kier alpha value is -2.40. The number of likely N-dealkylation sites (tertiary alicyclic amines) is 1. The molecule has 1 amide bonds. The number of nitrogens with zero attached hydrogens (tertiary/aromatic N) is 2. The van der Waals surface area contributed by atoms with Crippen LogP contribution in [0.1, 0.15) is 19.8 Å². The maximum atomic E-state index is 12.3. The number of aromatic nitrogens is 1. The predicted octanol–water partition coefficient (Wildman–Crippen LogP) is 4.60. The summed E-state index contributed by atoms with van der Waals surface area (Å²) in [6.45, 7) is 4.00. The van der Waals surface area contributed by atoms with Crippen LogP contribution in [0.3, 0.4) is 0 Å². The van der Waals surface area contributed by atoms with Crippen LogP contribution in [-0.2, 0) is 4.79 Å². The second-order valence-electron chi connectivity index (χ2n) is 6.89. The van der Waals surface area contributed by atoms with Crippen molar-refractivity contribution in [1.82, 2.24) is 9.88 Å². The first kappa shape index (κ1) is 17.0. The molecule has 0 aliphatic carbocycles. The average molecular weight is 366 g/mol. The molecule has 2 heterocycles. The third kappa shape index (κ3) is 3.73. The zero-order valence-electron chi connectivity index (χ0n) is 14.9. The molecule has 4 rings (SSSR count). The minimum atomic E-state index is 0.0757. The van der Waals surface area contributed by atoms with Crippen LogP contribution >= 0.6 is 11.3 Å². The van der Waals surface area contributed by atoms with Crippen molar-refractivity contribution in [2.45, 2.75) is 19.8 Å². The summed E-state index contributed by atoms with van der Waals surface area (Å²) in [4.78, 5) is 18.9. The first-order valence-corrected chi connectivity index (χ1v) is 9.87. The van der Waals surface area contributed by atoms with Gasteiger partial charge in [-0.2, -0.15) is 0 Å². The second kappa shape index (κ2) is 7.46. The van der Waals surface area contributed by atoms with Gasteiger partial charge in [-0.05, 0) is 55.2 Å². The zero-order valence-corrected chi connectivity index (χ0v) is 15.7. The standard InChI is InChI=1S/C21H22N2O2S/c1-15-5-4-12-23(13-15)20(24)14-25-17-10-8-16(9-11-17)21-22-18-6-2-3-7-19(18)26-21/h2-3,6-11,15H,4-5,12-14H2,1H3. The van der Waals surface area contributed by atoms with E-state index in [0.29, 0.717) is 11.7 Å². The summed E-state index contributed by atoms with van der Waals surface area (Å²) in [6.07, 6.45) is 2.29. The molecule has 0 radical (unpaired) electrons. The Morgan fingerprint density at radius 3 is 2.81 bits per heavy atom. The molecule has 1 aliphatic heterocycles. The Bertz CT molecular complexity index is 871. The van der Waals surface area contributed by atoms with Crippen LogP contribution in [-0.4, -0.2) is 35.5 Å². The van der Waals surface area contributed by atoms with Gasteiger partial charge in [0.1, 0.15) is 10.8 Å². The molecule has 1 fully saturated rings. The molecule has 0 bridgehead atoms. The summed E-state index contributed by atoms with van der Waals surface area (Å²) >= 11 is 1.68.